The van der Waals surface area contributed by atoms with Crippen LogP contribution in [0.25, 0.3) is 0 Å². The lowest BCUT2D eigenvalue weighted by Gasteiger charge is -2.18. The van der Waals surface area contributed by atoms with Gasteiger partial charge >= 0.3 is 11.9 Å². The molecule has 0 aliphatic carbocycles. The van der Waals surface area contributed by atoms with Gasteiger partial charge in [-0.3, -0.25) is 9.59 Å². The number of carbonyl (C=O) groups is 2. The summed E-state index contributed by atoms with van der Waals surface area (Å²) < 4.78 is 5.94. The summed E-state index contributed by atoms with van der Waals surface area (Å²) >= 11 is 0. The van der Waals surface area contributed by atoms with Gasteiger partial charge in [0.25, 0.3) is 0 Å². The molecule has 0 rings (SSSR count). The molecule has 230 valence electrons. The van der Waals surface area contributed by atoms with Gasteiger partial charge in [-0.1, -0.05) is 129 Å². The van der Waals surface area contributed by atoms with Crippen LogP contribution in [0.4, 0.5) is 0 Å². The minimum Gasteiger partial charge on any atom is -0.481 e. The molecule has 4 heteroatoms. The van der Waals surface area contributed by atoms with Crippen LogP contribution in [-0.2, 0) is 14.3 Å². The number of ether oxygens (including phenoxy) is 1. The molecule has 0 aromatic carbocycles. The van der Waals surface area contributed by atoms with Crippen LogP contribution in [0.3, 0.4) is 0 Å². The SMILES string of the molecule is CCCCCC/C=C\CCCCCCCCC(=O)OC(CCCCCCCCC)CCCCCCCC(=O)O. The van der Waals surface area contributed by atoms with Crippen molar-refractivity contribution >= 4 is 11.9 Å². The highest BCUT2D eigenvalue weighted by Gasteiger charge is 2.14. The number of hydrogen-bond donors (Lipinski definition) is 1. The van der Waals surface area contributed by atoms with E-state index >= 15 is 0 Å². The molecule has 0 amide bonds. The van der Waals surface area contributed by atoms with Crippen molar-refractivity contribution in [1.29, 1.82) is 0 Å². The molecule has 4 nitrogen and oxygen atoms in total. The monoisotopic (exact) mass is 550 g/mol. The van der Waals surface area contributed by atoms with Gasteiger partial charge in [0, 0.05) is 12.8 Å². The smallest absolute Gasteiger partial charge is 0.306 e. The van der Waals surface area contributed by atoms with Gasteiger partial charge in [-0.2, -0.15) is 0 Å². The summed E-state index contributed by atoms with van der Waals surface area (Å²) in [5, 5.41) is 8.76. The number of carboxylic acids is 1. The fourth-order valence-corrected chi connectivity index (χ4v) is 5.18. The summed E-state index contributed by atoms with van der Waals surface area (Å²) in [6.07, 6.45) is 36.5. The molecule has 39 heavy (non-hydrogen) atoms. The zero-order chi connectivity index (χ0) is 28.7. The lowest BCUT2D eigenvalue weighted by molar-refractivity contribution is -0.150. The molecule has 0 aliphatic heterocycles. The topological polar surface area (TPSA) is 63.6 Å². The normalized spacial score (nSPS) is 12.3. The number of carbonyl (C=O) groups excluding carboxylic acids is 1. The van der Waals surface area contributed by atoms with E-state index in [-0.39, 0.29) is 18.5 Å². The van der Waals surface area contributed by atoms with Gasteiger partial charge in [0.2, 0.25) is 0 Å². The van der Waals surface area contributed by atoms with Crippen molar-refractivity contribution in [3.05, 3.63) is 12.2 Å². The van der Waals surface area contributed by atoms with Crippen LogP contribution in [0.2, 0.25) is 0 Å². The van der Waals surface area contributed by atoms with Crippen LogP contribution in [0.15, 0.2) is 12.2 Å². The molecule has 0 spiro atoms. The number of hydrogen-bond acceptors (Lipinski definition) is 3. The zero-order valence-electron chi connectivity index (χ0n) is 26.2. The molecule has 0 aliphatic rings. The zero-order valence-corrected chi connectivity index (χ0v) is 26.2. The van der Waals surface area contributed by atoms with Gasteiger partial charge in [-0.25, -0.2) is 0 Å². The molecule has 0 heterocycles. The Morgan fingerprint density at radius 3 is 1.41 bits per heavy atom. The summed E-state index contributed by atoms with van der Waals surface area (Å²) in [5.74, 6) is -0.707. The molecular weight excluding hydrogens is 484 g/mol. The first-order chi connectivity index (χ1) is 19.1. The van der Waals surface area contributed by atoms with E-state index in [4.69, 9.17) is 9.84 Å². The molecule has 1 N–H and O–H groups in total. The van der Waals surface area contributed by atoms with Gasteiger partial charge in [0.1, 0.15) is 6.10 Å². The third-order valence-corrected chi connectivity index (χ3v) is 7.74. The molecule has 0 saturated carbocycles. The van der Waals surface area contributed by atoms with Crippen LogP contribution < -0.4 is 0 Å². The molecule has 0 radical (unpaired) electrons. The lowest BCUT2D eigenvalue weighted by atomic mass is 10.0. The second kappa shape index (κ2) is 31.2. The summed E-state index contributed by atoms with van der Waals surface area (Å²) in [6.45, 7) is 4.51. The Hall–Kier alpha value is -1.32. The fraction of sp³-hybridized carbons (Fsp3) is 0.886. The van der Waals surface area contributed by atoms with E-state index in [0.717, 1.165) is 64.2 Å². The highest BCUT2D eigenvalue weighted by atomic mass is 16.5. The van der Waals surface area contributed by atoms with Gasteiger partial charge in [-0.15, -0.1) is 0 Å². The average molecular weight is 551 g/mol. The Balaban J connectivity index is 3.96. The Labute approximate surface area is 243 Å². The molecule has 0 saturated heterocycles. The number of rotatable bonds is 31. The first-order valence-corrected chi connectivity index (χ1v) is 17.2. The van der Waals surface area contributed by atoms with E-state index in [9.17, 15) is 9.59 Å². The third-order valence-electron chi connectivity index (χ3n) is 7.74. The first kappa shape index (κ1) is 37.7. The maximum absolute atomic E-state index is 12.5. The second-order valence-corrected chi connectivity index (χ2v) is 11.7. The van der Waals surface area contributed by atoms with E-state index in [1.54, 1.807) is 0 Å². The molecule has 0 aromatic heterocycles. The van der Waals surface area contributed by atoms with Crippen LogP contribution in [0.5, 0.6) is 0 Å². The van der Waals surface area contributed by atoms with Crippen molar-refractivity contribution in [2.75, 3.05) is 0 Å². The predicted molar refractivity (Wildman–Crippen MR) is 167 cm³/mol. The quantitative estimate of drug-likeness (QED) is 0.0529. The average Bonchev–Trinajstić information content (AvgIpc) is 2.91. The van der Waals surface area contributed by atoms with E-state index < -0.39 is 5.97 Å². The van der Waals surface area contributed by atoms with Crippen molar-refractivity contribution < 1.29 is 19.4 Å². The van der Waals surface area contributed by atoms with Crippen molar-refractivity contribution in [2.24, 2.45) is 0 Å². The summed E-state index contributed by atoms with van der Waals surface area (Å²) in [6, 6.07) is 0. The fourth-order valence-electron chi connectivity index (χ4n) is 5.18. The molecule has 0 fully saturated rings. The maximum atomic E-state index is 12.5. The highest BCUT2D eigenvalue weighted by molar-refractivity contribution is 5.69. The lowest BCUT2D eigenvalue weighted by Crippen LogP contribution is -2.18. The Kier molecular flexibility index (Phi) is 30.2. The van der Waals surface area contributed by atoms with Crippen LogP contribution >= 0.6 is 0 Å². The van der Waals surface area contributed by atoms with Gasteiger partial charge in [0.05, 0.1) is 0 Å². The van der Waals surface area contributed by atoms with E-state index in [1.807, 2.05) is 0 Å². The minimum atomic E-state index is -0.701. The number of allylic oxidation sites excluding steroid dienone is 2. The van der Waals surface area contributed by atoms with Gasteiger partial charge in [-0.05, 0) is 64.2 Å². The summed E-state index contributed by atoms with van der Waals surface area (Å²) in [7, 11) is 0. The predicted octanol–water partition coefficient (Wildman–Crippen LogP) is 11.5. The Morgan fingerprint density at radius 1 is 0.538 bits per heavy atom. The van der Waals surface area contributed by atoms with Crippen molar-refractivity contribution in [1.82, 2.24) is 0 Å². The van der Waals surface area contributed by atoms with E-state index in [2.05, 4.69) is 26.0 Å². The molecule has 1 atom stereocenters. The molecule has 0 bridgehead atoms. The minimum absolute atomic E-state index is 0.00604. The number of unbranched alkanes of at least 4 members (excludes halogenated alkanes) is 20. The summed E-state index contributed by atoms with van der Waals surface area (Å²) in [4.78, 5) is 23.2. The number of carboxylic acid groups (broad SMARTS) is 1. The third kappa shape index (κ3) is 31.1. The number of esters is 1. The first-order valence-electron chi connectivity index (χ1n) is 17.2. The van der Waals surface area contributed by atoms with E-state index in [0.29, 0.717) is 6.42 Å². The standard InChI is InChI=1S/C35H66O4/c1-3-5-7-9-11-12-13-14-15-16-17-19-24-28-32-35(38)39-33(29-25-21-18-10-8-6-4-2)30-26-22-20-23-27-31-34(36)37/h12-13,33H,3-11,14-32H2,1-2H3,(H,36,37)/b13-12-. The van der Waals surface area contributed by atoms with Crippen molar-refractivity contribution in [3.63, 3.8) is 0 Å². The van der Waals surface area contributed by atoms with E-state index in [1.165, 1.54) is 103 Å². The van der Waals surface area contributed by atoms with Crippen LogP contribution in [0.1, 0.15) is 194 Å². The van der Waals surface area contributed by atoms with Gasteiger partial charge in [0.15, 0.2) is 0 Å². The van der Waals surface area contributed by atoms with Gasteiger partial charge < -0.3 is 9.84 Å². The van der Waals surface area contributed by atoms with Crippen LogP contribution in [-0.4, -0.2) is 23.1 Å². The van der Waals surface area contributed by atoms with Crippen molar-refractivity contribution in [2.45, 2.75) is 200 Å². The largest absolute Gasteiger partial charge is 0.481 e. The number of aliphatic carboxylic acids is 1. The molecule has 1 unspecified atom stereocenters. The Bertz CT molecular complexity index is 557. The maximum Gasteiger partial charge on any atom is 0.306 e. The van der Waals surface area contributed by atoms with Crippen molar-refractivity contribution in [3.8, 4) is 0 Å². The molecular formula is C35H66O4. The molecule has 0 aromatic rings. The highest BCUT2D eigenvalue weighted by Crippen LogP contribution is 2.18. The van der Waals surface area contributed by atoms with Crippen LogP contribution in [0, 0.1) is 0 Å². The Morgan fingerprint density at radius 2 is 0.923 bits per heavy atom. The summed E-state index contributed by atoms with van der Waals surface area (Å²) in [5.41, 5.74) is 0. The second-order valence-electron chi connectivity index (χ2n) is 11.7.